The van der Waals surface area contributed by atoms with E-state index in [2.05, 4.69) is 54.2 Å². The second-order valence-corrected chi connectivity index (χ2v) is 14.1. The topological polar surface area (TPSA) is 168 Å². The van der Waals surface area contributed by atoms with Crippen molar-refractivity contribution in [3.63, 3.8) is 0 Å². The zero-order valence-corrected chi connectivity index (χ0v) is 30.7. The lowest BCUT2D eigenvalue weighted by Gasteiger charge is -2.23. The zero-order valence-electron chi connectivity index (χ0n) is 30.7. The summed E-state index contributed by atoms with van der Waals surface area (Å²) in [7, 11) is 1.84. The van der Waals surface area contributed by atoms with E-state index in [0.717, 1.165) is 72.8 Å². The van der Waals surface area contributed by atoms with Crippen LogP contribution in [-0.2, 0) is 23.1 Å². The van der Waals surface area contributed by atoms with E-state index in [9.17, 15) is 14.4 Å². The van der Waals surface area contributed by atoms with Crippen LogP contribution in [0.3, 0.4) is 0 Å². The number of aromatic nitrogens is 4. The first-order valence-electron chi connectivity index (χ1n) is 18.3. The molecule has 0 spiro atoms. The van der Waals surface area contributed by atoms with Crippen LogP contribution in [0.5, 0.6) is 5.88 Å². The minimum atomic E-state index is -0.377. The van der Waals surface area contributed by atoms with Crippen molar-refractivity contribution in [2.75, 3.05) is 48.3 Å². The number of nitrogens with one attached hydrogen (secondary N) is 4. The minimum Gasteiger partial charge on any atom is -0.477 e. The average molecular weight is 719 g/mol. The molecule has 2 bridgehead atoms. The Morgan fingerprint density at radius 1 is 0.981 bits per heavy atom. The molecule has 3 aliphatic rings. The number of anilines is 3. The lowest BCUT2D eigenvalue weighted by atomic mass is 9.93. The molecule has 14 nitrogen and oxygen atoms in total. The van der Waals surface area contributed by atoms with Crippen molar-refractivity contribution in [2.45, 2.75) is 58.8 Å². The van der Waals surface area contributed by atoms with Crippen LogP contribution in [0.2, 0.25) is 0 Å². The Morgan fingerprint density at radius 3 is 2.68 bits per heavy atom. The van der Waals surface area contributed by atoms with E-state index in [1.165, 1.54) is 0 Å². The van der Waals surface area contributed by atoms with E-state index < -0.39 is 0 Å². The van der Waals surface area contributed by atoms with Gasteiger partial charge in [0.1, 0.15) is 0 Å². The number of piperidine rings is 1. The molecule has 4 N–H and O–H groups in total. The lowest BCUT2D eigenvalue weighted by molar-refractivity contribution is -0.134. The largest absolute Gasteiger partial charge is 0.477 e. The maximum Gasteiger partial charge on any atom is 0.280 e. The molecule has 3 aromatic heterocycles. The molecular weight excluding hydrogens is 672 g/mol. The summed E-state index contributed by atoms with van der Waals surface area (Å²) in [4.78, 5) is 53.6. The van der Waals surface area contributed by atoms with E-state index in [1.807, 2.05) is 45.2 Å². The molecule has 1 unspecified atom stereocenters. The summed E-state index contributed by atoms with van der Waals surface area (Å²) >= 11 is 0. The second kappa shape index (κ2) is 15.5. The van der Waals surface area contributed by atoms with Crippen LogP contribution < -0.4 is 30.9 Å². The van der Waals surface area contributed by atoms with Crippen LogP contribution in [-0.4, -0.2) is 76.2 Å². The second-order valence-electron chi connectivity index (χ2n) is 14.1. The van der Waals surface area contributed by atoms with Gasteiger partial charge in [-0.05, 0) is 94.0 Å². The Kier molecular flexibility index (Phi) is 10.5. The number of carbonyl (C=O) groups is 3. The standard InChI is InChI=1S/C39H46N10O4/c1-23-6-5-17-53-38-30(21-42-48(38)4)33-19-27(18-24(2)43-33)36(51)47-39-45-32-11-8-28(20-34(32)49(39)22-23)41-16-15-40-14-13-26-7-10-31(44-25(26)3)29-9-12-35(50)46-37(29)52/h7-8,10-11,18-21,23,29,40-41H,5-6,9,12-17,22H2,1-4H3,(H,45,47,51)(H,46,50,52)/t23-,29?/m1/s1. The number of hydrogen-bond donors (Lipinski definition) is 4. The summed E-state index contributed by atoms with van der Waals surface area (Å²) in [5.74, 6) is 0.213. The fraction of sp³-hybridized carbons (Fsp3) is 0.410. The van der Waals surface area contributed by atoms with E-state index in [4.69, 9.17) is 9.72 Å². The molecule has 14 heteroatoms. The lowest BCUT2D eigenvalue weighted by Crippen LogP contribution is -2.39. The van der Waals surface area contributed by atoms with Gasteiger partial charge in [-0.25, -0.2) is 4.68 Å². The number of aryl methyl sites for hydroxylation is 3. The van der Waals surface area contributed by atoms with Crippen molar-refractivity contribution in [3.05, 3.63) is 76.9 Å². The van der Waals surface area contributed by atoms with Crippen molar-refractivity contribution in [1.29, 1.82) is 0 Å². The molecule has 6 heterocycles. The first kappa shape index (κ1) is 35.8. The smallest absolute Gasteiger partial charge is 0.280 e. The Morgan fingerprint density at radius 2 is 1.85 bits per heavy atom. The maximum absolute atomic E-state index is 13.7. The summed E-state index contributed by atoms with van der Waals surface area (Å²) in [5, 5.41) is 17.2. The van der Waals surface area contributed by atoms with Crippen LogP contribution >= 0.6 is 0 Å². The number of benzene rings is 1. The number of rotatable bonds is 8. The monoisotopic (exact) mass is 718 g/mol. The number of guanidine groups is 1. The highest BCUT2D eigenvalue weighted by Gasteiger charge is 2.30. The Labute approximate surface area is 308 Å². The van der Waals surface area contributed by atoms with Crippen LogP contribution in [0.25, 0.3) is 11.3 Å². The zero-order chi connectivity index (χ0) is 37.1. The van der Waals surface area contributed by atoms with E-state index in [1.54, 1.807) is 23.0 Å². The van der Waals surface area contributed by atoms with Gasteiger partial charge in [-0.3, -0.25) is 29.7 Å². The van der Waals surface area contributed by atoms with Crippen LogP contribution in [0.15, 0.2) is 53.7 Å². The molecule has 4 aromatic rings. The molecule has 1 fully saturated rings. The molecule has 276 valence electrons. The van der Waals surface area contributed by atoms with Crippen molar-refractivity contribution >= 4 is 40.7 Å². The molecule has 7 rings (SSSR count). The van der Waals surface area contributed by atoms with Gasteiger partial charge in [0, 0.05) is 55.7 Å². The Balaban J connectivity index is 0.987. The van der Waals surface area contributed by atoms with Crippen molar-refractivity contribution in [1.82, 2.24) is 30.4 Å². The van der Waals surface area contributed by atoms with Crippen molar-refractivity contribution in [2.24, 2.45) is 18.0 Å². The molecule has 53 heavy (non-hydrogen) atoms. The fourth-order valence-electron chi connectivity index (χ4n) is 7.10. The van der Waals surface area contributed by atoms with Gasteiger partial charge in [0.05, 0.1) is 47.0 Å². The number of aliphatic imine (C=N–C) groups is 1. The summed E-state index contributed by atoms with van der Waals surface area (Å²) in [6, 6.07) is 13.6. The molecule has 0 saturated carbocycles. The number of nitrogens with zero attached hydrogens (tertiary/aromatic N) is 6. The first-order valence-corrected chi connectivity index (χ1v) is 18.3. The van der Waals surface area contributed by atoms with Crippen LogP contribution in [0.4, 0.5) is 17.1 Å². The van der Waals surface area contributed by atoms with Crippen molar-refractivity contribution < 1.29 is 19.1 Å². The molecule has 2 atom stereocenters. The van der Waals surface area contributed by atoms with Gasteiger partial charge in [-0.15, -0.1) is 0 Å². The highest BCUT2D eigenvalue weighted by atomic mass is 16.5. The number of ether oxygens (including phenoxy) is 1. The van der Waals surface area contributed by atoms with Gasteiger partial charge in [0.2, 0.25) is 23.7 Å². The SMILES string of the molecule is Cc1cc2cc(n1)-c1cnn(C)c1OCCC[C@@H](C)CN1/C(=N/C2=O)Nc2ccc(NCCNCCc3ccc(C4CCC(=O)NC4=O)nc3C)cc21. The summed E-state index contributed by atoms with van der Waals surface area (Å²) in [6.07, 6.45) is 5.15. The van der Waals surface area contributed by atoms with Crippen molar-refractivity contribution in [3.8, 4) is 17.1 Å². The Bertz CT molecular complexity index is 2070. The molecule has 1 aromatic carbocycles. The average Bonchev–Trinajstić information content (AvgIpc) is 3.66. The minimum absolute atomic E-state index is 0.221. The van der Waals surface area contributed by atoms with Gasteiger partial charge in [-0.2, -0.15) is 10.1 Å². The Hall–Kier alpha value is -5.63. The summed E-state index contributed by atoms with van der Waals surface area (Å²) in [6.45, 7) is 9.51. The summed E-state index contributed by atoms with van der Waals surface area (Å²) < 4.78 is 7.91. The maximum atomic E-state index is 13.7. The number of amides is 3. The van der Waals surface area contributed by atoms with Gasteiger partial charge < -0.3 is 25.6 Å². The number of fused-ring (bicyclic) bond motifs is 7. The van der Waals surface area contributed by atoms with E-state index >= 15 is 0 Å². The normalized spacial score (nSPS) is 19.7. The van der Waals surface area contributed by atoms with Gasteiger partial charge in [0.25, 0.3) is 5.91 Å². The number of pyridine rings is 2. The third kappa shape index (κ3) is 8.07. The third-order valence-corrected chi connectivity index (χ3v) is 9.95. The van der Waals surface area contributed by atoms with E-state index in [0.29, 0.717) is 66.4 Å². The highest BCUT2D eigenvalue weighted by Crippen LogP contribution is 2.36. The fourth-order valence-corrected chi connectivity index (χ4v) is 7.10. The molecule has 0 aliphatic carbocycles. The number of carbonyl (C=O) groups excluding carboxylic acids is 3. The quantitative estimate of drug-likeness (QED) is 0.150. The van der Waals surface area contributed by atoms with Gasteiger partial charge in [0.15, 0.2) is 0 Å². The van der Waals surface area contributed by atoms with Gasteiger partial charge >= 0.3 is 0 Å². The summed E-state index contributed by atoms with van der Waals surface area (Å²) in [5.41, 5.74) is 8.10. The molecule has 3 amide bonds. The molecule has 0 radical (unpaired) electrons. The number of imide groups is 1. The van der Waals surface area contributed by atoms with Gasteiger partial charge in [-0.1, -0.05) is 13.0 Å². The number of hydrogen-bond acceptors (Lipinski definition) is 11. The molecule has 3 aliphatic heterocycles. The highest BCUT2D eigenvalue weighted by molar-refractivity contribution is 6.19. The first-order chi connectivity index (χ1) is 25.6. The molecule has 1 saturated heterocycles. The predicted octanol–water partition coefficient (Wildman–Crippen LogP) is 4.50. The molecular formula is C39H46N10O4. The van der Waals surface area contributed by atoms with Crippen LogP contribution in [0.1, 0.15) is 71.5 Å². The van der Waals surface area contributed by atoms with Crippen LogP contribution in [0, 0.1) is 19.8 Å². The van der Waals surface area contributed by atoms with E-state index in [-0.39, 0.29) is 23.6 Å². The predicted molar refractivity (Wildman–Crippen MR) is 203 cm³/mol. The third-order valence-electron chi connectivity index (χ3n) is 9.95.